The van der Waals surface area contributed by atoms with E-state index >= 15 is 0 Å². The Morgan fingerprint density at radius 3 is 2.35 bits per heavy atom. The highest BCUT2D eigenvalue weighted by molar-refractivity contribution is 6.16. The number of carbonyl (C=O) groups excluding carboxylic acids is 3. The van der Waals surface area contributed by atoms with E-state index in [9.17, 15) is 14.4 Å². The molecule has 3 aliphatic rings. The Morgan fingerprint density at radius 2 is 1.68 bits per heavy atom. The zero-order valence-corrected chi connectivity index (χ0v) is 17.4. The number of fused-ring (bicyclic) bond motifs is 1. The lowest BCUT2D eigenvalue weighted by Crippen LogP contribution is -2.47. The molecule has 1 spiro atoms. The third-order valence-corrected chi connectivity index (χ3v) is 6.78. The molecular formula is C24H25N3O4. The van der Waals surface area contributed by atoms with Crippen LogP contribution in [0.5, 0.6) is 5.88 Å². The molecule has 3 amide bonds. The van der Waals surface area contributed by atoms with Crippen molar-refractivity contribution in [3.8, 4) is 5.88 Å². The molecule has 0 unspecified atom stereocenters. The average Bonchev–Trinajstić information content (AvgIpc) is 3.21. The van der Waals surface area contributed by atoms with Crippen LogP contribution < -0.4 is 9.64 Å². The molecule has 1 aromatic carbocycles. The summed E-state index contributed by atoms with van der Waals surface area (Å²) in [6.07, 6.45) is 6.66. The lowest BCUT2D eigenvalue weighted by Gasteiger charge is -2.37. The van der Waals surface area contributed by atoms with Gasteiger partial charge >= 0.3 is 6.09 Å². The Morgan fingerprint density at radius 1 is 0.968 bits per heavy atom. The van der Waals surface area contributed by atoms with Crippen LogP contribution in [0, 0.1) is 5.41 Å². The summed E-state index contributed by atoms with van der Waals surface area (Å²) in [5, 5.41) is 0. The Kier molecular flexibility index (Phi) is 4.96. The van der Waals surface area contributed by atoms with Crippen LogP contribution in [0.1, 0.15) is 49.7 Å². The lowest BCUT2D eigenvalue weighted by atomic mass is 9.76. The Balaban J connectivity index is 1.24. The van der Waals surface area contributed by atoms with Gasteiger partial charge in [0.15, 0.2) is 0 Å². The molecule has 1 aliphatic carbocycles. The summed E-state index contributed by atoms with van der Waals surface area (Å²) in [6.45, 7) is 1.10. The summed E-state index contributed by atoms with van der Waals surface area (Å²) in [6, 6.07) is 11.2. The van der Waals surface area contributed by atoms with Crippen LogP contribution in [0.4, 0.5) is 10.5 Å². The predicted molar refractivity (Wildman–Crippen MR) is 113 cm³/mol. The predicted octanol–water partition coefficient (Wildman–Crippen LogP) is 3.85. The fraction of sp³-hybridized carbons (Fsp3) is 0.417. The number of anilines is 1. The maximum absolute atomic E-state index is 12.7. The minimum absolute atomic E-state index is 0.138. The number of amides is 3. The van der Waals surface area contributed by atoms with E-state index in [4.69, 9.17) is 4.74 Å². The molecule has 7 heteroatoms. The number of aromatic nitrogens is 1. The number of hydrogen-bond acceptors (Lipinski definition) is 5. The Hall–Kier alpha value is -3.22. The summed E-state index contributed by atoms with van der Waals surface area (Å²) >= 11 is 0. The van der Waals surface area contributed by atoms with Crippen LogP contribution in [0.3, 0.4) is 0 Å². The van der Waals surface area contributed by atoms with Crippen LogP contribution >= 0.6 is 0 Å². The first-order valence-electron chi connectivity index (χ1n) is 10.9. The van der Waals surface area contributed by atoms with Gasteiger partial charge in [-0.25, -0.2) is 14.7 Å². The zero-order chi connectivity index (χ0) is 21.4. The van der Waals surface area contributed by atoms with E-state index in [1.54, 1.807) is 11.0 Å². The fourth-order valence-corrected chi connectivity index (χ4v) is 5.14. The molecule has 0 bridgehead atoms. The van der Waals surface area contributed by atoms with E-state index in [0.717, 1.165) is 37.7 Å². The standard InChI is InChI=1S/C24H25N3O4/c28-21-13-24(10-3-4-11-24)14-22(29)27(21)19-7-8-20(25-15-19)31-23(30)26-12-9-17-5-1-2-6-18(17)16-26/h1-2,5-8,15H,3-4,9-14,16H2. The molecule has 1 saturated heterocycles. The van der Waals surface area contributed by atoms with Gasteiger partial charge in [0.2, 0.25) is 17.7 Å². The van der Waals surface area contributed by atoms with Gasteiger partial charge < -0.3 is 9.64 Å². The number of carbonyl (C=O) groups is 3. The van der Waals surface area contributed by atoms with Crippen molar-refractivity contribution in [2.24, 2.45) is 5.41 Å². The van der Waals surface area contributed by atoms with Crippen LogP contribution in [0.2, 0.25) is 0 Å². The summed E-state index contributed by atoms with van der Waals surface area (Å²) in [5.74, 6) is -0.190. The van der Waals surface area contributed by atoms with Gasteiger partial charge in [-0.3, -0.25) is 9.59 Å². The largest absolute Gasteiger partial charge is 0.416 e. The van der Waals surface area contributed by atoms with Crippen LogP contribution in [0.25, 0.3) is 0 Å². The second kappa shape index (κ2) is 7.80. The van der Waals surface area contributed by atoms with Crippen molar-refractivity contribution in [1.82, 2.24) is 9.88 Å². The zero-order valence-electron chi connectivity index (χ0n) is 17.4. The maximum atomic E-state index is 12.7. The average molecular weight is 419 g/mol. The molecule has 160 valence electrons. The van der Waals surface area contributed by atoms with Crippen molar-refractivity contribution < 1.29 is 19.1 Å². The quantitative estimate of drug-likeness (QED) is 0.691. The van der Waals surface area contributed by atoms with Crippen LogP contribution in [-0.4, -0.2) is 34.3 Å². The molecule has 2 aromatic rings. The highest BCUT2D eigenvalue weighted by Crippen LogP contribution is 2.47. The summed E-state index contributed by atoms with van der Waals surface area (Å²) in [4.78, 5) is 45.1. The summed E-state index contributed by atoms with van der Waals surface area (Å²) < 4.78 is 5.43. The topological polar surface area (TPSA) is 79.8 Å². The van der Waals surface area contributed by atoms with E-state index in [-0.39, 0.29) is 23.1 Å². The second-order valence-corrected chi connectivity index (χ2v) is 8.85. The van der Waals surface area contributed by atoms with Crippen LogP contribution in [0.15, 0.2) is 42.6 Å². The molecule has 5 rings (SSSR count). The van der Waals surface area contributed by atoms with Gasteiger partial charge in [0.25, 0.3) is 0 Å². The first-order valence-corrected chi connectivity index (χ1v) is 10.9. The third-order valence-electron chi connectivity index (χ3n) is 6.78. The molecule has 0 atom stereocenters. The molecule has 0 N–H and O–H groups in total. The van der Waals surface area contributed by atoms with Crippen molar-refractivity contribution in [3.63, 3.8) is 0 Å². The van der Waals surface area contributed by atoms with Crippen molar-refractivity contribution in [2.75, 3.05) is 11.4 Å². The minimum Gasteiger partial charge on any atom is -0.391 e. The van der Waals surface area contributed by atoms with E-state index < -0.39 is 6.09 Å². The number of hydrogen-bond donors (Lipinski definition) is 0. The summed E-state index contributed by atoms with van der Waals surface area (Å²) in [5.41, 5.74) is 2.66. The molecule has 1 saturated carbocycles. The minimum atomic E-state index is -0.456. The van der Waals surface area contributed by atoms with E-state index in [1.165, 1.54) is 22.7 Å². The number of ether oxygens (including phenoxy) is 1. The molecule has 7 nitrogen and oxygen atoms in total. The van der Waals surface area contributed by atoms with Crippen molar-refractivity contribution >= 4 is 23.6 Å². The van der Waals surface area contributed by atoms with Gasteiger partial charge in [-0.2, -0.15) is 0 Å². The molecule has 0 radical (unpaired) electrons. The third kappa shape index (κ3) is 3.80. The van der Waals surface area contributed by atoms with E-state index in [2.05, 4.69) is 11.1 Å². The van der Waals surface area contributed by atoms with Gasteiger partial charge in [0, 0.05) is 32.0 Å². The van der Waals surface area contributed by atoms with E-state index in [0.29, 0.717) is 31.6 Å². The normalized spacial score (nSPS) is 20.1. The molecule has 3 heterocycles. The second-order valence-electron chi connectivity index (χ2n) is 8.85. The van der Waals surface area contributed by atoms with Gasteiger partial charge in [-0.15, -0.1) is 0 Å². The van der Waals surface area contributed by atoms with Crippen molar-refractivity contribution in [1.29, 1.82) is 0 Å². The van der Waals surface area contributed by atoms with Gasteiger partial charge in [-0.05, 0) is 41.9 Å². The maximum Gasteiger partial charge on any atom is 0.416 e. The first kappa shape index (κ1) is 19.7. The monoisotopic (exact) mass is 419 g/mol. The van der Waals surface area contributed by atoms with Gasteiger partial charge in [0.05, 0.1) is 11.9 Å². The summed E-state index contributed by atoms with van der Waals surface area (Å²) in [7, 11) is 0. The molecule has 2 fully saturated rings. The van der Waals surface area contributed by atoms with Crippen molar-refractivity contribution in [3.05, 3.63) is 53.7 Å². The first-order chi connectivity index (χ1) is 15.0. The number of piperidine rings is 1. The SMILES string of the molecule is O=C(Oc1ccc(N2C(=O)CC3(CCCC3)CC2=O)cn1)N1CCc2ccccc2C1. The van der Waals surface area contributed by atoms with E-state index in [1.807, 2.05) is 18.2 Å². The number of imide groups is 1. The smallest absolute Gasteiger partial charge is 0.391 e. The highest BCUT2D eigenvalue weighted by Gasteiger charge is 2.45. The van der Waals surface area contributed by atoms with Gasteiger partial charge in [-0.1, -0.05) is 37.1 Å². The van der Waals surface area contributed by atoms with Crippen molar-refractivity contribution in [2.45, 2.75) is 51.5 Å². The Bertz CT molecular complexity index is 1010. The molecular weight excluding hydrogens is 394 g/mol. The molecule has 31 heavy (non-hydrogen) atoms. The highest BCUT2D eigenvalue weighted by atomic mass is 16.6. The number of benzene rings is 1. The Labute approximate surface area is 181 Å². The number of rotatable bonds is 2. The fourth-order valence-electron chi connectivity index (χ4n) is 5.14. The van der Waals surface area contributed by atoms with Crippen LogP contribution in [-0.2, 0) is 22.6 Å². The molecule has 2 aliphatic heterocycles. The van der Waals surface area contributed by atoms with Gasteiger partial charge in [0.1, 0.15) is 0 Å². The molecule has 1 aromatic heterocycles. The lowest BCUT2D eigenvalue weighted by molar-refractivity contribution is -0.133. The number of nitrogens with zero attached hydrogens (tertiary/aromatic N) is 3. The number of pyridine rings is 1.